The van der Waals surface area contributed by atoms with Gasteiger partial charge in [0.2, 0.25) is 5.91 Å². The molecule has 0 unspecified atom stereocenters. The Morgan fingerprint density at radius 2 is 2.29 bits per heavy atom. The Hall–Kier alpha value is -1.10. The van der Waals surface area contributed by atoms with Crippen LogP contribution in [0, 0.1) is 5.92 Å². The van der Waals surface area contributed by atoms with Crippen molar-refractivity contribution in [2.24, 2.45) is 5.92 Å². The lowest BCUT2D eigenvalue weighted by Gasteiger charge is -2.17. The first-order valence-electron chi connectivity index (χ1n) is 4.67. The molecule has 1 amide bonds. The molecule has 2 N–H and O–H groups in total. The molecule has 0 aromatic rings. The lowest BCUT2D eigenvalue weighted by Crippen LogP contribution is -2.35. The van der Waals surface area contributed by atoms with E-state index >= 15 is 0 Å². The molecule has 0 saturated carbocycles. The normalized spacial score (nSPS) is 26.6. The summed E-state index contributed by atoms with van der Waals surface area (Å²) < 4.78 is 0. The van der Waals surface area contributed by atoms with E-state index in [-0.39, 0.29) is 18.4 Å². The Kier molecular flexibility index (Phi) is 3.46. The third kappa shape index (κ3) is 2.70. The molecule has 0 aromatic heterocycles. The highest BCUT2D eigenvalue weighted by Gasteiger charge is 2.36. The summed E-state index contributed by atoms with van der Waals surface area (Å²) in [6.07, 6.45) is 0.809. The summed E-state index contributed by atoms with van der Waals surface area (Å²) in [6.45, 7) is 0.786. The van der Waals surface area contributed by atoms with Crippen LogP contribution in [0.15, 0.2) is 0 Å². The van der Waals surface area contributed by atoms with Crippen molar-refractivity contribution in [3.63, 3.8) is 0 Å². The summed E-state index contributed by atoms with van der Waals surface area (Å²) in [5.41, 5.74) is 0. The molecule has 2 atom stereocenters. The molecule has 14 heavy (non-hydrogen) atoms. The van der Waals surface area contributed by atoms with Crippen LogP contribution in [0.3, 0.4) is 0 Å². The van der Waals surface area contributed by atoms with Crippen molar-refractivity contribution >= 4 is 11.9 Å². The summed E-state index contributed by atoms with van der Waals surface area (Å²) in [4.78, 5) is 23.8. The quantitative estimate of drug-likeness (QED) is 0.643. The highest BCUT2D eigenvalue weighted by molar-refractivity contribution is 5.86. The van der Waals surface area contributed by atoms with Gasteiger partial charge in [-0.3, -0.25) is 9.59 Å². The summed E-state index contributed by atoms with van der Waals surface area (Å²) in [7, 11) is 3.85. The van der Waals surface area contributed by atoms with Crippen LogP contribution in [0.4, 0.5) is 0 Å². The Labute approximate surface area is 83.1 Å². The van der Waals surface area contributed by atoms with E-state index in [1.165, 1.54) is 0 Å². The number of carbonyl (C=O) groups excluding carboxylic acids is 1. The van der Waals surface area contributed by atoms with E-state index in [0.717, 1.165) is 6.54 Å². The van der Waals surface area contributed by atoms with Crippen LogP contribution in [0.5, 0.6) is 0 Å². The van der Waals surface area contributed by atoms with Gasteiger partial charge in [-0.05, 0) is 27.1 Å². The van der Waals surface area contributed by atoms with Gasteiger partial charge in [0.1, 0.15) is 0 Å². The minimum atomic E-state index is -0.882. The number of aliphatic carboxylic acids is 1. The van der Waals surface area contributed by atoms with Crippen LogP contribution in [-0.4, -0.2) is 48.6 Å². The van der Waals surface area contributed by atoms with Crippen molar-refractivity contribution < 1.29 is 14.7 Å². The fourth-order valence-electron chi connectivity index (χ4n) is 1.64. The molecule has 0 radical (unpaired) electrons. The van der Waals surface area contributed by atoms with Crippen molar-refractivity contribution in [3.05, 3.63) is 0 Å². The standard InChI is InChI=1S/C9H16N2O3/c1-11(2)4-3-7-6(9(13)14)5-8(12)10-7/h6-7H,3-5H2,1-2H3,(H,10,12)(H,13,14)/t6-,7+/m0/s1. The molecule has 1 saturated heterocycles. The minimum absolute atomic E-state index is 0.118. The average molecular weight is 200 g/mol. The third-order valence-electron chi connectivity index (χ3n) is 2.44. The van der Waals surface area contributed by atoms with Crippen LogP contribution in [0.2, 0.25) is 0 Å². The summed E-state index contributed by atoms with van der Waals surface area (Å²) in [5, 5.41) is 11.6. The van der Waals surface area contributed by atoms with E-state index < -0.39 is 11.9 Å². The number of nitrogens with one attached hydrogen (secondary N) is 1. The predicted molar refractivity (Wildman–Crippen MR) is 50.8 cm³/mol. The molecule has 1 heterocycles. The topological polar surface area (TPSA) is 69.6 Å². The average Bonchev–Trinajstić information content (AvgIpc) is 2.43. The van der Waals surface area contributed by atoms with Gasteiger partial charge in [0, 0.05) is 12.5 Å². The van der Waals surface area contributed by atoms with Crippen LogP contribution in [0.1, 0.15) is 12.8 Å². The molecule has 5 nitrogen and oxygen atoms in total. The Morgan fingerprint density at radius 1 is 1.64 bits per heavy atom. The zero-order chi connectivity index (χ0) is 10.7. The highest BCUT2D eigenvalue weighted by atomic mass is 16.4. The first-order valence-corrected chi connectivity index (χ1v) is 4.67. The lowest BCUT2D eigenvalue weighted by molar-refractivity contribution is -0.142. The van der Waals surface area contributed by atoms with Gasteiger partial charge in [-0.15, -0.1) is 0 Å². The molecule has 1 aliphatic rings. The SMILES string of the molecule is CN(C)CC[C@H]1NC(=O)C[C@@H]1C(=O)O. The van der Waals surface area contributed by atoms with Gasteiger partial charge in [-0.2, -0.15) is 0 Å². The highest BCUT2D eigenvalue weighted by Crippen LogP contribution is 2.19. The zero-order valence-electron chi connectivity index (χ0n) is 8.49. The molecule has 0 bridgehead atoms. The molecular weight excluding hydrogens is 184 g/mol. The second-order valence-corrected chi connectivity index (χ2v) is 3.91. The number of hydrogen-bond donors (Lipinski definition) is 2. The Bertz CT molecular complexity index is 240. The van der Waals surface area contributed by atoms with Crippen molar-refractivity contribution in [2.45, 2.75) is 18.9 Å². The molecule has 80 valence electrons. The van der Waals surface area contributed by atoms with Gasteiger partial charge in [0.05, 0.1) is 5.92 Å². The largest absolute Gasteiger partial charge is 0.481 e. The smallest absolute Gasteiger partial charge is 0.309 e. The number of carboxylic acids is 1. The maximum absolute atomic E-state index is 11.0. The van der Waals surface area contributed by atoms with Crippen LogP contribution in [0.25, 0.3) is 0 Å². The van der Waals surface area contributed by atoms with Crippen molar-refractivity contribution in [2.75, 3.05) is 20.6 Å². The monoisotopic (exact) mass is 200 g/mol. The first-order chi connectivity index (χ1) is 6.50. The number of carbonyl (C=O) groups is 2. The maximum Gasteiger partial charge on any atom is 0.309 e. The summed E-state index contributed by atoms with van der Waals surface area (Å²) in [5.74, 6) is -1.59. The fourth-order valence-corrected chi connectivity index (χ4v) is 1.64. The maximum atomic E-state index is 11.0. The molecule has 5 heteroatoms. The molecule has 0 aromatic carbocycles. The zero-order valence-corrected chi connectivity index (χ0v) is 8.49. The van der Waals surface area contributed by atoms with Gasteiger partial charge in [-0.1, -0.05) is 0 Å². The van der Waals surface area contributed by atoms with E-state index in [9.17, 15) is 9.59 Å². The van der Waals surface area contributed by atoms with E-state index in [1.807, 2.05) is 19.0 Å². The summed E-state index contributed by atoms with van der Waals surface area (Å²) in [6, 6.07) is -0.206. The third-order valence-corrected chi connectivity index (χ3v) is 2.44. The van der Waals surface area contributed by atoms with Crippen LogP contribution in [-0.2, 0) is 9.59 Å². The van der Waals surface area contributed by atoms with E-state index in [4.69, 9.17) is 5.11 Å². The fraction of sp³-hybridized carbons (Fsp3) is 0.778. The molecule has 1 fully saturated rings. The number of amides is 1. The van der Waals surface area contributed by atoms with Gasteiger partial charge < -0.3 is 15.3 Å². The van der Waals surface area contributed by atoms with Crippen molar-refractivity contribution in [1.29, 1.82) is 0 Å². The van der Waals surface area contributed by atoms with Gasteiger partial charge in [0.25, 0.3) is 0 Å². The molecule has 0 spiro atoms. The molecular formula is C9H16N2O3. The van der Waals surface area contributed by atoms with E-state index in [0.29, 0.717) is 6.42 Å². The van der Waals surface area contributed by atoms with Gasteiger partial charge >= 0.3 is 5.97 Å². The molecule has 1 aliphatic heterocycles. The molecule has 1 rings (SSSR count). The minimum Gasteiger partial charge on any atom is -0.481 e. The van der Waals surface area contributed by atoms with Crippen LogP contribution < -0.4 is 5.32 Å². The second-order valence-electron chi connectivity index (χ2n) is 3.91. The van der Waals surface area contributed by atoms with Gasteiger partial charge in [-0.25, -0.2) is 0 Å². The lowest BCUT2D eigenvalue weighted by atomic mass is 9.98. The Morgan fingerprint density at radius 3 is 2.79 bits per heavy atom. The van der Waals surface area contributed by atoms with Gasteiger partial charge in [0.15, 0.2) is 0 Å². The van der Waals surface area contributed by atoms with E-state index in [2.05, 4.69) is 5.32 Å². The number of nitrogens with zero attached hydrogens (tertiary/aromatic N) is 1. The predicted octanol–water partition coefficient (Wildman–Crippen LogP) is -0.473. The number of rotatable bonds is 4. The number of carboxylic acid groups (broad SMARTS) is 1. The first kappa shape index (κ1) is 11.0. The van der Waals surface area contributed by atoms with Crippen molar-refractivity contribution in [3.8, 4) is 0 Å². The number of hydrogen-bond acceptors (Lipinski definition) is 3. The second kappa shape index (κ2) is 4.41. The molecule has 0 aliphatic carbocycles. The Balaban J connectivity index is 2.49. The van der Waals surface area contributed by atoms with Crippen LogP contribution >= 0.6 is 0 Å². The van der Waals surface area contributed by atoms with E-state index in [1.54, 1.807) is 0 Å². The van der Waals surface area contributed by atoms with Crippen molar-refractivity contribution in [1.82, 2.24) is 10.2 Å². The summed E-state index contributed by atoms with van der Waals surface area (Å²) >= 11 is 0.